The minimum Gasteiger partial charge on any atom is -0.382 e. The molecule has 0 bridgehead atoms. The zero-order chi connectivity index (χ0) is 31.0. The average Bonchev–Trinajstić information content (AvgIpc) is 3.73. The van der Waals surface area contributed by atoms with Crippen LogP contribution in [-0.4, -0.2) is 82.9 Å². The number of hydrogen-bond donors (Lipinski definition) is 4. The molecule has 3 aliphatic rings. The van der Waals surface area contributed by atoms with Gasteiger partial charge >= 0.3 is 13.6 Å². The predicted molar refractivity (Wildman–Crippen MR) is 155 cm³/mol. The van der Waals surface area contributed by atoms with Gasteiger partial charge < -0.3 is 25.3 Å². The minimum atomic E-state index is -4.31. The van der Waals surface area contributed by atoms with E-state index in [1.807, 2.05) is 0 Å². The van der Waals surface area contributed by atoms with Crippen molar-refractivity contribution >= 4 is 72.1 Å². The molecule has 2 saturated heterocycles. The highest BCUT2D eigenvalue weighted by atomic mass is 32.7. The molecule has 44 heavy (non-hydrogen) atoms. The maximum Gasteiger partial charge on any atom is 0.386 e. The second-order valence-electron chi connectivity index (χ2n) is 10.4. The third-order valence-electron chi connectivity index (χ3n) is 7.73. The van der Waals surface area contributed by atoms with Gasteiger partial charge in [-0.15, -0.1) is 0 Å². The second-order valence-corrected chi connectivity index (χ2v) is 16.1. The van der Waals surface area contributed by atoms with E-state index in [2.05, 4.69) is 54.4 Å². The molecule has 1 saturated carbocycles. The van der Waals surface area contributed by atoms with E-state index in [1.165, 1.54) is 34.4 Å². The number of nitrogen functional groups attached to an aromatic ring is 2. The van der Waals surface area contributed by atoms with E-state index in [4.69, 9.17) is 34.3 Å². The SMILES string of the molecule is Nc1ncnc2c1ncn2[C@@H]1C[C@@H]2COP(=O)(S)OC3C(F)[C@H](n4cnc5c(N)ncnc54)O[C@@H]3COP(=O)(S)OC2C1F. The molecule has 4 aromatic rings. The summed E-state index contributed by atoms with van der Waals surface area (Å²) >= 11 is 8.10. The van der Waals surface area contributed by atoms with Crippen LogP contribution in [0.3, 0.4) is 0 Å². The van der Waals surface area contributed by atoms with Gasteiger partial charge in [0.1, 0.15) is 48.2 Å². The Morgan fingerprint density at radius 1 is 0.795 bits per heavy atom. The highest BCUT2D eigenvalue weighted by Crippen LogP contribution is 2.61. The largest absolute Gasteiger partial charge is 0.386 e. The monoisotopic (exact) mass is 692 g/mol. The summed E-state index contributed by atoms with van der Waals surface area (Å²) in [7, 11) is 0. The Balaban J connectivity index is 1.17. The van der Waals surface area contributed by atoms with Gasteiger partial charge in [-0.25, -0.2) is 47.8 Å². The number of anilines is 2. The summed E-state index contributed by atoms with van der Waals surface area (Å²) in [5.74, 6) is -0.687. The Bertz CT molecular complexity index is 1710. The van der Waals surface area contributed by atoms with Crippen LogP contribution in [0, 0.1) is 5.92 Å². The molecule has 17 nitrogen and oxygen atoms in total. The lowest BCUT2D eigenvalue weighted by molar-refractivity contribution is -0.0451. The molecule has 7 rings (SSSR count). The topological polar surface area (TPSA) is 220 Å². The standard InChI is InChI=1S/C21H24F2N10O7P2S2/c22-11-9(32-6-30-13-17(24)26-4-28-19(13)32)1-8-2-36-41(34,43)40-16-10(3-37-42(35,44)39-15(8)11)38-21(12(16)23)33-7-31-14-18(25)27-5-29-20(14)33/h4-12,15-16,21H,1-3H2,(H,34,43)(H,35,44)(H2,24,26,28)(H2,25,27,29)/t8-,9-,10-,11?,12?,15?,16?,21-,41?,42?/m1/s1. The number of nitrogens with two attached hydrogens (primary N) is 2. The Labute approximate surface area is 256 Å². The van der Waals surface area contributed by atoms with Crippen molar-refractivity contribution < 1.29 is 40.7 Å². The van der Waals surface area contributed by atoms with E-state index >= 15 is 8.78 Å². The van der Waals surface area contributed by atoms with Gasteiger partial charge in [-0.1, -0.05) is 24.5 Å². The number of thiol groups is 2. The number of fused-ring (bicyclic) bond motifs is 4. The van der Waals surface area contributed by atoms with E-state index in [1.54, 1.807) is 0 Å². The fraction of sp³-hybridized carbons (Fsp3) is 0.524. The maximum atomic E-state index is 16.1. The third-order valence-corrected chi connectivity index (χ3v) is 11.0. The molecule has 6 unspecified atom stereocenters. The Hall–Kier alpha value is -2.48. The second kappa shape index (κ2) is 11.1. The quantitative estimate of drug-likeness (QED) is 0.175. The number of imidazole rings is 2. The fourth-order valence-corrected chi connectivity index (χ4v) is 8.75. The molecule has 0 spiro atoms. The van der Waals surface area contributed by atoms with Gasteiger partial charge in [-0.3, -0.25) is 18.1 Å². The molecule has 236 valence electrons. The van der Waals surface area contributed by atoms with Crippen molar-refractivity contribution in [3.63, 3.8) is 0 Å². The van der Waals surface area contributed by atoms with Crippen molar-refractivity contribution in [2.45, 2.75) is 49.3 Å². The zero-order valence-corrected chi connectivity index (χ0v) is 25.8. The lowest BCUT2D eigenvalue weighted by Gasteiger charge is -2.29. The first kappa shape index (κ1) is 30.2. The van der Waals surface area contributed by atoms with Crippen LogP contribution < -0.4 is 11.5 Å². The van der Waals surface area contributed by atoms with Crippen molar-refractivity contribution in [3.05, 3.63) is 25.3 Å². The normalized spacial score (nSPS) is 38.3. The smallest absolute Gasteiger partial charge is 0.382 e. The van der Waals surface area contributed by atoms with Gasteiger partial charge in [0.05, 0.1) is 31.9 Å². The number of rotatable bonds is 2. The van der Waals surface area contributed by atoms with Gasteiger partial charge in [0, 0.05) is 5.92 Å². The summed E-state index contributed by atoms with van der Waals surface area (Å²) in [6, 6.07) is -0.937. The van der Waals surface area contributed by atoms with Crippen molar-refractivity contribution in [2.24, 2.45) is 5.92 Å². The lowest BCUT2D eigenvalue weighted by Crippen LogP contribution is -2.35. The summed E-state index contributed by atoms with van der Waals surface area (Å²) in [5.41, 5.74) is 12.6. The van der Waals surface area contributed by atoms with Crippen molar-refractivity contribution in [2.75, 3.05) is 24.7 Å². The molecule has 4 N–H and O–H groups in total. The molecule has 23 heteroatoms. The van der Waals surface area contributed by atoms with Crippen molar-refractivity contribution in [1.82, 2.24) is 39.0 Å². The molecule has 6 heterocycles. The first-order valence-electron chi connectivity index (χ1n) is 13.0. The van der Waals surface area contributed by atoms with E-state index in [9.17, 15) is 9.13 Å². The first-order chi connectivity index (χ1) is 20.9. The van der Waals surface area contributed by atoms with Crippen LogP contribution in [0.1, 0.15) is 18.7 Å². The first-order valence-corrected chi connectivity index (χ1v) is 18.4. The minimum absolute atomic E-state index is 0.0322. The van der Waals surface area contributed by atoms with Crippen LogP contribution in [0.5, 0.6) is 0 Å². The van der Waals surface area contributed by atoms with E-state index < -0.39 is 75.7 Å². The number of hydrogen-bond acceptors (Lipinski definition) is 15. The van der Waals surface area contributed by atoms with Crippen molar-refractivity contribution in [3.8, 4) is 0 Å². The zero-order valence-electron chi connectivity index (χ0n) is 22.2. The fourth-order valence-electron chi connectivity index (χ4n) is 5.70. The van der Waals surface area contributed by atoms with E-state index in [0.29, 0.717) is 0 Å². The van der Waals surface area contributed by atoms with Crippen LogP contribution >= 0.6 is 38.1 Å². The molecular formula is C21H24F2N10O7P2S2. The van der Waals surface area contributed by atoms with Crippen LogP contribution in [0.4, 0.5) is 20.4 Å². The summed E-state index contributed by atoms with van der Waals surface area (Å²) in [6.07, 6.45) is -4.51. The number of aromatic nitrogens is 8. The summed E-state index contributed by atoms with van der Waals surface area (Å²) in [4.78, 5) is 24.3. The molecule has 0 aromatic carbocycles. The summed E-state index contributed by atoms with van der Waals surface area (Å²) in [5, 5.41) is 0. The third kappa shape index (κ3) is 5.27. The van der Waals surface area contributed by atoms with Gasteiger partial charge in [0.2, 0.25) is 0 Å². The van der Waals surface area contributed by atoms with E-state index in [-0.39, 0.29) is 40.4 Å². The Morgan fingerprint density at radius 2 is 1.36 bits per heavy atom. The molecule has 2 aliphatic heterocycles. The van der Waals surface area contributed by atoms with Gasteiger partial charge in [-0.2, -0.15) is 0 Å². The summed E-state index contributed by atoms with van der Waals surface area (Å²) in [6.45, 7) is -9.65. The Morgan fingerprint density at radius 3 is 2.02 bits per heavy atom. The lowest BCUT2D eigenvalue weighted by atomic mass is 10.1. The Kier molecular flexibility index (Phi) is 7.61. The average molecular weight is 693 g/mol. The number of ether oxygens (including phenoxy) is 1. The number of nitrogens with zero attached hydrogens (tertiary/aromatic N) is 8. The molecule has 0 radical (unpaired) electrons. The molecular weight excluding hydrogens is 668 g/mol. The van der Waals surface area contributed by atoms with E-state index in [0.717, 1.165) is 0 Å². The molecule has 1 aliphatic carbocycles. The predicted octanol–water partition coefficient (Wildman–Crippen LogP) is 2.86. The highest BCUT2D eigenvalue weighted by Gasteiger charge is 2.53. The van der Waals surface area contributed by atoms with Crippen molar-refractivity contribution in [1.29, 1.82) is 0 Å². The summed E-state index contributed by atoms with van der Waals surface area (Å²) < 4.78 is 89.5. The highest BCUT2D eigenvalue weighted by molar-refractivity contribution is 8.44. The molecule has 10 atom stereocenters. The number of halogens is 2. The molecule has 3 fully saturated rings. The maximum absolute atomic E-state index is 16.1. The van der Waals surface area contributed by atoms with Crippen LogP contribution in [0.15, 0.2) is 25.3 Å². The van der Waals surface area contributed by atoms with Crippen LogP contribution in [-0.2, 0) is 32.0 Å². The molecule has 4 aromatic heterocycles. The number of alkyl halides is 2. The van der Waals surface area contributed by atoms with Crippen LogP contribution in [0.2, 0.25) is 0 Å². The molecule has 0 amide bonds. The van der Waals surface area contributed by atoms with Crippen LogP contribution in [0.25, 0.3) is 22.3 Å². The van der Waals surface area contributed by atoms with Gasteiger partial charge in [0.15, 0.2) is 35.3 Å². The van der Waals surface area contributed by atoms with Gasteiger partial charge in [0.25, 0.3) is 0 Å². The van der Waals surface area contributed by atoms with Gasteiger partial charge in [-0.05, 0) is 6.42 Å².